The van der Waals surface area contributed by atoms with Gasteiger partial charge in [-0.3, -0.25) is 14.5 Å². The van der Waals surface area contributed by atoms with Gasteiger partial charge in [-0.1, -0.05) is 64.4 Å². The Hall–Kier alpha value is -3.35. The zero-order valence-corrected chi connectivity index (χ0v) is 21.8. The molecule has 0 aliphatic carbocycles. The van der Waals surface area contributed by atoms with Gasteiger partial charge in [0.1, 0.15) is 5.75 Å². The Morgan fingerprint density at radius 3 is 2.64 bits per heavy atom. The maximum absolute atomic E-state index is 13.4. The minimum absolute atomic E-state index is 0.00728. The predicted molar refractivity (Wildman–Crippen MR) is 142 cm³/mol. The largest absolute Gasteiger partial charge is 0.493 e. The molecule has 2 aliphatic heterocycles. The van der Waals surface area contributed by atoms with Crippen molar-refractivity contribution >= 4 is 17.8 Å². The number of nitrogens with two attached hydrogens (primary N) is 1. The van der Waals surface area contributed by atoms with Crippen LogP contribution in [0.4, 0.5) is 0 Å². The number of rotatable bonds is 8. The number of carbonyl (C=O) groups is 2. The molecule has 0 bridgehead atoms. The monoisotopic (exact) mass is 490 g/mol. The molecule has 7 heteroatoms. The van der Waals surface area contributed by atoms with Gasteiger partial charge in [0.2, 0.25) is 5.91 Å². The number of aliphatic imine (C=N–C) groups is 1. The number of benzene rings is 2. The Labute approximate surface area is 214 Å². The molecule has 0 aromatic heterocycles. The number of hydrogen-bond acceptors (Lipinski definition) is 5. The summed E-state index contributed by atoms with van der Waals surface area (Å²) in [7, 11) is 0. The highest BCUT2D eigenvalue weighted by molar-refractivity contribution is 6.00. The van der Waals surface area contributed by atoms with Crippen molar-refractivity contribution < 1.29 is 14.3 Å². The standard InChI is InChI=1S/C29H38N4O3/c1-5-11-23(33-25(34)17-29(6-2,7-3)32-28(33)30)20-12-10-13-21(16-20)27(35)31-26-19(4)18-36-24-15-9-8-14-22(24)26/h8-10,12-16,19,23,26H,5-7,11,17-18H2,1-4H3,(H2,30,32)(H,31,35)/t19-,23?,26-/m0/s1. The summed E-state index contributed by atoms with van der Waals surface area (Å²) >= 11 is 0. The highest BCUT2D eigenvalue weighted by Gasteiger charge is 2.40. The lowest BCUT2D eigenvalue weighted by Gasteiger charge is -2.40. The summed E-state index contributed by atoms with van der Waals surface area (Å²) in [6, 6.07) is 15.0. The zero-order valence-electron chi connectivity index (χ0n) is 21.8. The van der Waals surface area contributed by atoms with Crippen LogP contribution in [-0.4, -0.2) is 34.8 Å². The van der Waals surface area contributed by atoms with E-state index >= 15 is 0 Å². The van der Waals surface area contributed by atoms with Crippen molar-refractivity contribution in [2.24, 2.45) is 16.6 Å². The van der Waals surface area contributed by atoms with Crippen molar-refractivity contribution in [3.05, 3.63) is 65.2 Å². The molecule has 2 aliphatic rings. The molecule has 7 nitrogen and oxygen atoms in total. The molecule has 36 heavy (non-hydrogen) atoms. The molecule has 0 fully saturated rings. The Morgan fingerprint density at radius 2 is 1.94 bits per heavy atom. The highest BCUT2D eigenvalue weighted by atomic mass is 16.5. The first-order valence-corrected chi connectivity index (χ1v) is 13.1. The second-order valence-corrected chi connectivity index (χ2v) is 10.0. The normalized spacial score (nSPS) is 21.7. The summed E-state index contributed by atoms with van der Waals surface area (Å²) in [6.07, 6.45) is 3.48. The molecule has 3 atom stereocenters. The number of ether oxygens (including phenoxy) is 1. The number of para-hydroxylation sites is 1. The smallest absolute Gasteiger partial charge is 0.251 e. The fourth-order valence-electron chi connectivity index (χ4n) is 5.37. The maximum atomic E-state index is 13.4. The average Bonchev–Trinajstić information content (AvgIpc) is 2.89. The van der Waals surface area contributed by atoms with Crippen LogP contribution in [0.25, 0.3) is 0 Å². The minimum atomic E-state index is -0.424. The third-order valence-corrected chi connectivity index (χ3v) is 7.68. The van der Waals surface area contributed by atoms with Gasteiger partial charge in [-0.25, -0.2) is 4.99 Å². The third-order valence-electron chi connectivity index (χ3n) is 7.68. The molecule has 4 rings (SSSR count). The summed E-state index contributed by atoms with van der Waals surface area (Å²) in [5.41, 5.74) is 8.42. The van der Waals surface area contributed by atoms with Crippen LogP contribution in [0.15, 0.2) is 53.5 Å². The van der Waals surface area contributed by atoms with Gasteiger partial charge in [-0.2, -0.15) is 0 Å². The van der Waals surface area contributed by atoms with E-state index in [-0.39, 0.29) is 35.8 Å². The quantitative estimate of drug-likeness (QED) is 0.536. The molecular weight excluding hydrogens is 452 g/mol. The Morgan fingerprint density at radius 1 is 1.19 bits per heavy atom. The minimum Gasteiger partial charge on any atom is -0.493 e. The maximum Gasteiger partial charge on any atom is 0.251 e. The van der Waals surface area contributed by atoms with E-state index in [1.807, 2.05) is 62.4 Å². The van der Waals surface area contributed by atoms with Crippen molar-refractivity contribution in [1.82, 2.24) is 10.2 Å². The molecule has 1 unspecified atom stereocenters. The molecular formula is C29H38N4O3. The predicted octanol–water partition coefficient (Wildman–Crippen LogP) is 5.13. The molecule has 2 aromatic carbocycles. The number of nitrogens with zero attached hydrogens (tertiary/aromatic N) is 2. The van der Waals surface area contributed by atoms with Gasteiger partial charge in [-0.15, -0.1) is 0 Å². The molecule has 0 radical (unpaired) electrons. The lowest BCUT2D eigenvalue weighted by Crippen LogP contribution is -2.52. The number of hydrogen-bond donors (Lipinski definition) is 2. The lowest BCUT2D eigenvalue weighted by atomic mass is 9.87. The van der Waals surface area contributed by atoms with Gasteiger partial charge in [0.25, 0.3) is 5.91 Å². The van der Waals surface area contributed by atoms with Crippen LogP contribution in [0.1, 0.15) is 93.4 Å². The molecule has 2 heterocycles. The number of nitrogens with one attached hydrogen (secondary N) is 1. The Bertz CT molecular complexity index is 1140. The Balaban J connectivity index is 1.61. The van der Waals surface area contributed by atoms with Crippen molar-refractivity contribution in [2.45, 2.75) is 77.4 Å². The van der Waals surface area contributed by atoms with Crippen LogP contribution in [0.2, 0.25) is 0 Å². The topological polar surface area (TPSA) is 97.0 Å². The van der Waals surface area contributed by atoms with Crippen molar-refractivity contribution in [3.8, 4) is 5.75 Å². The van der Waals surface area contributed by atoms with Crippen LogP contribution < -0.4 is 15.8 Å². The first-order chi connectivity index (χ1) is 17.3. The number of fused-ring (bicyclic) bond motifs is 1. The number of carbonyl (C=O) groups excluding carboxylic acids is 2. The van der Waals surface area contributed by atoms with Crippen molar-refractivity contribution in [1.29, 1.82) is 0 Å². The highest BCUT2D eigenvalue weighted by Crippen LogP contribution is 2.37. The van der Waals surface area contributed by atoms with Gasteiger partial charge in [0, 0.05) is 17.0 Å². The summed E-state index contributed by atoms with van der Waals surface area (Å²) in [4.78, 5) is 33.1. The van der Waals surface area contributed by atoms with Crippen LogP contribution in [0.5, 0.6) is 5.75 Å². The lowest BCUT2D eigenvalue weighted by molar-refractivity contribution is -0.131. The second-order valence-electron chi connectivity index (χ2n) is 10.0. The van der Waals surface area contributed by atoms with E-state index in [4.69, 9.17) is 15.5 Å². The van der Waals surface area contributed by atoms with Gasteiger partial charge >= 0.3 is 0 Å². The molecule has 2 amide bonds. The fourth-order valence-corrected chi connectivity index (χ4v) is 5.37. The first kappa shape index (κ1) is 25.7. The van der Waals surface area contributed by atoms with Crippen molar-refractivity contribution in [3.63, 3.8) is 0 Å². The summed E-state index contributed by atoms with van der Waals surface area (Å²) < 4.78 is 5.84. The Kier molecular flexibility index (Phi) is 7.67. The van der Waals surface area contributed by atoms with E-state index in [0.717, 1.165) is 42.6 Å². The number of amides is 2. The molecule has 2 aromatic rings. The fraction of sp³-hybridized carbons (Fsp3) is 0.483. The van der Waals surface area contributed by atoms with Crippen molar-refractivity contribution in [2.75, 3.05) is 6.61 Å². The van der Waals surface area contributed by atoms with E-state index in [1.54, 1.807) is 4.90 Å². The van der Waals surface area contributed by atoms with E-state index < -0.39 is 5.54 Å². The molecule has 0 saturated heterocycles. The van der Waals surface area contributed by atoms with E-state index in [1.165, 1.54) is 0 Å². The second kappa shape index (κ2) is 10.7. The summed E-state index contributed by atoms with van der Waals surface area (Å²) in [6.45, 7) is 8.80. The van der Waals surface area contributed by atoms with Gasteiger partial charge < -0.3 is 15.8 Å². The summed E-state index contributed by atoms with van der Waals surface area (Å²) in [5.74, 6) is 1.07. The van der Waals surface area contributed by atoms with Gasteiger partial charge in [0.05, 0.1) is 30.7 Å². The van der Waals surface area contributed by atoms with Gasteiger partial charge in [0.15, 0.2) is 5.96 Å². The molecule has 3 N–H and O–H groups in total. The first-order valence-electron chi connectivity index (χ1n) is 13.1. The van der Waals surface area contributed by atoms with Gasteiger partial charge in [-0.05, 0) is 43.0 Å². The van der Waals surface area contributed by atoms with E-state index in [0.29, 0.717) is 18.6 Å². The van der Waals surface area contributed by atoms with Crippen LogP contribution >= 0.6 is 0 Å². The molecule has 0 spiro atoms. The van der Waals surface area contributed by atoms with E-state index in [9.17, 15) is 9.59 Å². The third kappa shape index (κ3) is 4.97. The van der Waals surface area contributed by atoms with Crippen LogP contribution in [0, 0.1) is 5.92 Å². The van der Waals surface area contributed by atoms with Crippen LogP contribution in [0.3, 0.4) is 0 Å². The van der Waals surface area contributed by atoms with Crippen LogP contribution in [-0.2, 0) is 4.79 Å². The average molecular weight is 491 g/mol. The molecule has 192 valence electrons. The number of guanidine groups is 1. The van der Waals surface area contributed by atoms with E-state index in [2.05, 4.69) is 19.2 Å². The summed E-state index contributed by atoms with van der Waals surface area (Å²) in [5, 5.41) is 3.21. The SMILES string of the molecule is CCCC(c1cccc(C(=O)N[C@@H]2c3ccccc3OC[C@@H]2C)c1)N1C(=O)CC(CC)(CC)N=C1N. The molecule has 0 saturated carbocycles. The zero-order chi connectivity index (χ0) is 25.9.